The standard InChI is InChI=1S/C12H22F2N2O2/c1-3-9-7-16(10(4-2)12(17)18)6-5-15(9)8-11(13)14/h9-11H,3-8H2,1-2H3,(H,17,18). The number of halogens is 2. The van der Waals surface area contributed by atoms with E-state index in [1.165, 1.54) is 0 Å². The molecule has 0 bridgehead atoms. The summed E-state index contributed by atoms with van der Waals surface area (Å²) in [5, 5.41) is 9.12. The van der Waals surface area contributed by atoms with Crippen molar-refractivity contribution in [2.75, 3.05) is 26.2 Å². The Hall–Kier alpha value is -0.750. The second kappa shape index (κ2) is 6.99. The zero-order valence-electron chi connectivity index (χ0n) is 11.0. The summed E-state index contributed by atoms with van der Waals surface area (Å²) in [5.74, 6) is -0.824. The van der Waals surface area contributed by atoms with Crippen LogP contribution in [0.4, 0.5) is 8.78 Å². The van der Waals surface area contributed by atoms with Gasteiger partial charge in [-0.05, 0) is 12.8 Å². The second-order valence-electron chi connectivity index (χ2n) is 4.71. The molecule has 18 heavy (non-hydrogen) atoms. The van der Waals surface area contributed by atoms with Crippen molar-refractivity contribution in [1.29, 1.82) is 0 Å². The second-order valence-corrected chi connectivity index (χ2v) is 4.71. The lowest BCUT2D eigenvalue weighted by atomic mass is 10.1. The molecule has 0 aromatic carbocycles. The molecule has 4 nitrogen and oxygen atoms in total. The molecule has 0 aromatic heterocycles. The molecule has 1 aliphatic heterocycles. The number of carboxylic acid groups (broad SMARTS) is 1. The minimum atomic E-state index is -2.33. The van der Waals surface area contributed by atoms with Gasteiger partial charge in [0, 0.05) is 25.7 Å². The first-order chi connectivity index (χ1) is 8.49. The third-order valence-electron chi connectivity index (χ3n) is 3.59. The molecule has 6 heteroatoms. The van der Waals surface area contributed by atoms with E-state index >= 15 is 0 Å². The molecule has 0 saturated carbocycles. The lowest BCUT2D eigenvalue weighted by molar-refractivity contribution is -0.145. The summed E-state index contributed by atoms with van der Waals surface area (Å²) in [6.07, 6.45) is -1.02. The zero-order chi connectivity index (χ0) is 13.7. The van der Waals surface area contributed by atoms with Gasteiger partial charge >= 0.3 is 5.97 Å². The van der Waals surface area contributed by atoms with Gasteiger partial charge in [0.05, 0.1) is 6.54 Å². The highest BCUT2D eigenvalue weighted by Crippen LogP contribution is 2.17. The molecule has 1 N–H and O–H groups in total. The van der Waals surface area contributed by atoms with Crippen molar-refractivity contribution in [2.45, 2.75) is 45.2 Å². The lowest BCUT2D eigenvalue weighted by Gasteiger charge is -2.43. The quantitative estimate of drug-likeness (QED) is 0.790. The summed E-state index contributed by atoms with van der Waals surface area (Å²) in [6.45, 7) is 5.21. The van der Waals surface area contributed by atoms with Gasteiger partial charge in [-0.2, -0.15) is 0 Å². The fourth-order valence-corrected chi connectivity index (χ4v) is 2.59. The fraction of sp³-hybridized carbons (Fsp3) is 0.917. The Morgan fingerprint density at radius 2 is 2.06 bits per heavy atom. The number of alkyl halides is 2. The monoisotopic (exact) mass is 264 g/mol. The number of carbonyl (C=O) groups is 1. The van der Waals surface area contributed by atoms with Gasteiger partial charge in [0.25, 0.3) is 6.43 Å². The summed E-state index contributed by atoms with van der Waals surface area (Å²) >= 11 is 0. The van der Waals surface area contributed by atoms with Gasteiger partial charge in [0.1, 0.15) is 6.04 Å². The van der Waals surface area contributed by atoms with Crippen LogP contribution in [0.1, 0.15) is 26.7 Å². The third-order valence-corrected chi connectivity index (χ3v) is 3.59. The van der Waals surface area contributed by atoms with E-state index in [1.807, 2.05) is 18.7 Å². The first-order valence-electron chi connectivity index (χ1n) is 6.48. The molecule has 0 spiro atoms. The maximum atomic E-state index is 12.4. The van der Waals surface area contributed by atoms with Crippen LogP contribution in [-0.4, -0.2) is 65.6 Å². The van der Waals surface area contributed by atoms with E-state index in [0.29, 0.717) is 26.1 Å². The Bertz CT molecular complexity index is 277. The zero-order valence-corrected chi connectivity index (χ0v) is 11.0. The predicted molar refractivity (Wildman–Crippen MR) is 64.9 cm³/mol. The molecule has 1 aliphatic rings. The summed E-state index contributed by atoms with van der Waals surface area (Å²) < 4.78 is 24.9. The molecule has 0 amide bonds. The lowest BCUT2D eigenvalue weighted by Crippen LogP contribution is -2.57. The molecule has 1 saturated heterocycles. The predicted octanol–water partition coefficient (Wildman–Crippen LogP) is 1.51. The van der Waals surface area contributed by atoms with Crippen LogP contribution in [0.3, 0.4) is 0 Å². The van der Waals surface area contributed by atoms with Gasteiger partial charge < -0.3 is 5.11 Å². The topological polar surface area (TPSA) is 43.8 Å². The summed E-state index contributed by atoms with van der Waals surface area (Å²) in [6, 6.07) is -0.464. The largest absolute Gasteiger partial charge is 0.480 e. The summed E-state index contributed by atoms with van der Waals surface area (Å²) in [5.41, 5.74) is 0. The number of hydrogen-bond donors (Lipinski definition) is 1. The van der Waals surface area contributed by atoms with Crippen molar-refractivity contribution in [2.24, 2.45) is 0 Å². The van der Waals surface area contributed by atoms with Gasteiger partial charge in [0.2, 0.25) is 0 Å². The molecule has 0 aliphatic carbocycles. The van der Waals surface area contributed by atoms with Crippen molar-refractivity contribution >= 4 is 5.97 Å². The number of nitrogens with zero attached hydrogens (tertiary/aromatic N) is 2. The fourth-order valence-electron chi connectivity index (χ4n) is 2.59. The Morgan fingerprint density at radius 3 is 2.50 bits per heavy atom. The first kappa shape index (κ1) is 15.3. The maximum Gasteiger partial charge on any atom is 0.320 e. The van der Waals surface area contributed by atoms with Crippen LogP contribution in [0, 0.1) is 0 Å². The molecule has 106 valence electrons. The Balaban J connectivity index is 2.62. The number of hydrogen-bond acceptors (Lipinski definition) is 3. The van der Waals surface area contributed by atoms with Crippen molar-refractivity contribution in [1.82, 2.24) is 9.80 Å². The Morgan fingerprint density at radius 1 is 1.39 bits per heavy atom. The highest BCUT2D eigenvalue weighted by atomic mass is 19.3. The average molecular weight is 264 g/mol. The van der Waals surface area contributed by atoms with Crippen LogP contribution in [0.15, 0.2) is 0 Å². The highest BCUT2D eigenvalue weighted by Gasteiger charge is 2.32. The molecule has 1 rings (SSSR count). The first-order valence-corrected chi connectivity index (χ1v) is 6.48. The van der Waals surface area contributed by atoms with E-state index in [1.54, 1.807) is 4.90 Å². The Labute approximate surface area is 107 Å². The van der Waals surface area contributed by atoms with E-state index in [-0.39, 0.29) is 12.6 Å². The molecule has 0 aromatic rings. The van der Waals surface area contributed by atoms with E-state index < -0.39 is 18.4 Å². The van der Waals surface area contributed by atoms with Gasteiger partial charge in [-0.1, -0.05) is 13.8 Å². The van der Waals surface area contributed by atoms with Crippen molar-refractivity contribution in [3.8, 4) is 0 Å². The van der Waals surface area contributed by atoms with Crippen LogP contribution >= 0.6 is 0 Å². The highest BCUT2D eigenvalue weighted by molar-refractivity contribution is 5.73. The van der Waals surface area contributed by atoms with Gasteiger partial charge in [-0.15, -0.1) is 0 Å². The molecular weight excluding hydrogens is 242 g/mol. The van der Waals surface area contributed by atoms with Crippen molar-refractivity contribution in [3.05, 3.63) is 0 Å². The minimum Gasteiger partial charge on any atom is -0.480 e. The van der Waals surface area contributed by atoms with Gasteiger partial charge in [-0.3, -0.25) is 14.6 Å². The summed E-state index contributed by atoms with van der Waals surface area (Å²) in [4.78, 5) is 14.8. The van der Waals surface area contributed by atoms with Gasteiger partial charge in [-0.25, -0.2) is 8.78 Å². The number of carboxylic acids is 1. The van der Waals surface area contributed by atoms with Crippen LogP contribution in [0.2, 0.25) is 0 Å². The van der Waals surface area contributed by atoms with Crippen molar-refractivity contribution in [3.63, 3.8) is 0 Å². The van der Waals surface area contributed by atoms with Crippen LogP contribution in [-0.2, 0) is 4.79 Å². The molecular formula is C12H22F2N2O2. The number of piperazine rings is 1. The molecule has 2 unspecified atom stereocenters. The van der Waals surface area contributed by atoms with Crippen LogP contribution < -0.4 is 0 Å². The third kappa shape index (κ3) is 3.88. The van der Waals surface area contributed by atoms with Crippen molar-refractivity contribution < 1.29 is 18.7 Å². The number of aliphatic carboxylic acids is 1. The maximum absolute atomic E-state index is 12.4. The van der Waals surface area contributed by atoms with Crippen LogP contribution in [0.25, 0.3) is 0 Å². The SMILES string of the molecule is CCC1CN(C(CC)C(=O)O)CCN1CC(F)F. The average Bonchev–Trinajstić information content (AvgIpc) is 2.30. The van der Waals surface area contributed by atoms with E-state index in [0.717, 1.165) is 6.42 Å². The van der Waals surface area contributed by atoms with E-state index in [4.69, 9.17) is 5.11 Å². The Kier molecular flexibility index (Phi) is 5.95. The molecule has 1 fully saturated rings. The van der Waals surface area contributed by atoms with Gasteiger partial charge in [0.15, 0.2) is 0 Å². The van der Waals surface area contributed by atoms with E-state index in [9.17, 15) is 13.6 Å². The molecule has 2 atom stereocenters. The molecule has 1 heterocycles. The normalized spacial score (nSPS) is 24.4. The summed E-state index contributed by atoms with van der Waals surface area (Å²) in [7, 11) is 0. The van der Waals surface area contributed by atoms with E-state index in [2.05, 4.69) is 0 Å². The number of rotatable bonds is 6. The molecule has 0 radical (unpaired) electrons. The smallest absolute Gasteiger partial charge is 0.320 e. The van der Waals surface area contributed by atoms with Crippen LogP contribution in [0.5, 0.6) is 0 Å². The minimum absolute atomic E-state index is 0.0288.